The van der Waals surface area contributed by atoms with Crippen molar-refractivity contribution in [3.63, 3.8) is 0 Å². The molecule has 1 heterocycles. The topological polar surface area (TPSA) is 38.9 Å². The Bertz CT molecular complexity index is 458. The minimum Gasteiger partial charge on any atom is -0.398 e. The maximum Gasteiger partial charge on any atom is 0.0731 e. The summed E-state index contributed by atoms with van der Waals surface area (Å²) in [4.78, 5) is 4.48. The third kappa shape index (κ3) is 1.33. The number of hydrogen-bond donors (Lipinski definition) is 1. The molecule has 72 valence electrons. The van der Waals surface area contributed by atoms with Crippen molar-refractivity contribution >= 4 is 16.6 Å². The quantitative estimate of drug-likeness (QED) is 0.687. The molecule has 2 N–H and O–H groups in total. The summed E-state index contributed by atoms with van der Waals surface area (Å²) < 4.78 is 0. The number of nitrogens with zero attached hydrogens (tertiary/aromatic N) is 1. The monoisotopic (exact) mass is 186 g/mol. The fourth-order valence-corrected chi connectivity index (χ4v) is 1.93. The van der Waals surface area contributed by atoms with Crippen LogP contribution < -0.4 is 5.73 Å². The summed E-state index contributed by atoms with van der Waals surface area (Å²) in [5, 5.41) is 1.08. The Labute approximate surface area is 83.8 Å². The lowest BCUT2D eigenvalue weighted by molar-refractivity contribution is 1.25. The molecular weight excluding hydrogens is 172 g/mol. The van der Waals surface area contributed by atoms with Crippen LogP contribution in [0, 0.1) is 20.8 Å². The predicted molar refractivity (Wildman–Crippen MR) is 60.4 cm³/mol. The van der Waals surface area contributed by atoms with E-state index in [-0.39, 0.29) is 0 Å². The molecule has 2 rings (SSSR count). The lowest BCUT2D eigenvalue weighted by Gasteiger charge is -2.07. The van der Waals surface area contributed by atoms with E-state index in [4.69, 9.17) is 5.73 Å². The Morgan fingerprint density at radius 2 is 1.79 bits per heavy atom. The highest BCUT2D eigenvalue weighted by molar-refractivity contribution is 5.93. The smallest absolute Gasteiger partial charge is 0.0731 e. The highest BCUT2D eigenvalue weighted by Gasteiger charge is 2.04. The second-order valence-corrected chi connectivity index (χ2v) is 3.83. The number of anilines is 1. The van der Waals surface area contributed by atoms with Crippen LogP contribution in [0.2, 0.25) is 0 Å². The van der Waals surface area contributed by atoms with Crippen LogP contribution in [0.3, 0.4) is 0 Å². The van der Waals surface area contributed by atoms with E-state index >= 15 is 0 Å². The number of pyridine rings is 1. The van der Waals surface area contributed by atoms with E-state index in [9.17, 15) is 0 Å². The molecule has 0 aliphatic carbocycles. The van der Waals surface area contributed by atoms with Crippen LogP contribution in [-0.2, 0) is 0 Å². The Hall–Kier alpha value is -1.57. The van der Waals surface area contributed by atoms with Crippen molar-refractivity contribution in [3.8, 4) is 0 Å². The molecule has 0 radical (unpaired) electrons. The number of aromatic nitrogens is 1. The molecule has 2 heteroatoms. The molecule has 1 aromatic heterocycles. The molecule has 0 spiro atoms. The molecule has 2 aromatic rings. The van der Waals surface area contributed by atoms with Crippen LogP contribution in [-0.4, -0.2) is 4.98 Å². The number of nitrogens with two attached hydrogens (primary N) is 1. The molecule has 2 nitrogen and oxygen atoms in total. The standard InChI is InChI=1S/C12H14N2/c1-7-4-8(2)12-10(13)6-9(3)14-11(12)5-7/h4-6H,1-3H3,(H2,13,14). The fraction of sp³-hybridized carbons (Fsp3) is 0.250. The van der Waals surface area contributed by atoms with Gasteiger partial charge < -0.3 is 5.73 Å². The molecule has 1 aromatic carbocycles. The Morgan fingerprint density at radius 1 is 1.07 bits per heavy atom. The third-order valence-corrected chi connectivity index (χ3v) is 2.41. The minimum absolute atomic E-state index is 0.824. The summed E-state index contributed by atoms with van der Waals surface area (Å²) in [5.41, 5.74) is 11.2. The van der Waals surface area contributed by atoms with Gasteiger partial charge in [0, 0.05) is 16.8 Å². The zero-order valence-electron chi connectivity index (χ0n) is 8.76. The van der Waals surface area contributed by atoms with Gasteiger partial charge in [-0.25, -0.2) is 0 Å². The van der Waals surface area contributed by atoms with Crippen molar-refractivity contribution in [2.24, 2.45) is 0 Å². The summed E-state index contributed by atoms with van der Waals surface area (Å²) in [6.07, 6.45) is 0. The van der Waals surface area contributed by atoms with Crippen molar-refractivity contribution in [2.75, 3.05) is 5.73 Å². The highest BCUT2D eigenvalue weighted by Crippen LogP contribution is 2.25. The lowest BCUT2D eigenvalue weighted by Crippen LogP contribution is -1.94. The second-order valence-electron chi connectivity index (χ2n) is 3.83. The first-order valence-corrected chi connectivity index (χ1v) is 4.72. The zero-order valence-corrected chi connectivity index (χ0v) is 8.76. The Morgan fingerprint density at radius 3 is 2.50 bits per heavy atom. The van der Waals surface area contributed by atoms with Crippen molar-refractivity contribution in [3.05, 3.63) is 35.0 Å². The normalized spacial score (nSPS) is 10.8. The third-order valence-electron chi connectivity index (χ3n) is 2.41. The van der Waals surface area contributed by atoms with Crippen LogP contribution in [0.5, 0.6) is 0 Å². The number of fused-ring (bicyclic) bond motifs is 1. The maximum atomic E-state index is 5.97. The first-order valence-electron chi connectivity index (χ1n) is 4.72. The van der Waals surface area contributed by atoms with Gasteiger partial charge in [-0.15, -0.1) is 0 Å². The number of nitrogen functional groups attached to an aromatic ring is 1. The molecule has 0 aliphatic rings. The average Bonchev–Trinajstić information content (AvgIpc) is 1.99. The first-order chi connectivity index (χ1) is 6.58. The van der Waals surface area contributed by atoms with Crippen LogP contribution in [0.1, 0.15) is 16.8 Å². The van der Waals surface area contributed by atoms with E-state index in [1.807, 2.05) is 13.0 Å². The minimum atomic E-state index is 0.824. The van der Waals surface area contributed by atoms with Crippen molar-refractivity contribution in [2.45, 2.75) is 20.8 Å². The van der Waals surface area contributed by atoms with E-state index < -0.39 is 0 Å². The molecule has 0 saturated heterocycles. The molecule has 0 atom stereocenters. The highest BCUT2D eigenvalue weighted by atomic mass is 14.7. The molecule has 0 unspecified atom stereocenters. The summed E-state index contributed by atoms with van der Waals surface area (Å²) in [5.74, 6) is 0. The van der Waals surface area contributed by atoms with Gasteiger partial charge in [0.1, 0.15) is 0 Å². The lowest BCUT2D eigenvalue weighted by atomic mass is 10.0. The summed E-state index contributed by atoms with van der Waals surface area (Å²) in [6, 6.07) is 6.13. The second kappa shape index (κ2) is 2.98. The van der Waals surface area contributed by atoms with E-state index in [0.717, 1.165) is 22.3 Å². The van der Waals surface area contributed by atoms with Crippen molar-refractivity contribution in [1.29, 1.82) is 0 Å². The molecule has 0 aliphatic heterocycles. The van der Waals surface area contributed by atoms with Crippen LogP contribution in [0.15, 0.2) is 18.2 Å². The largest absolute Gasteiger partial charge is 0.398 e. The van der Waals surface area contributed by atoms with Crippen molar-refractivity contribution < 1.29 is 0 Å². The van der Waals surface area contributed by atoms with E-state index in [1.54, 1.807) is 0 Å². The van der Waals surface area contributed by atoms with Crippen molar-refractivity contribution in [1.82, 2.24) is 4.98 Å². The van der Waals surface area contributed by atoms with Gasteiger partial charge in [0.25, 0.3) is 0 Å². The van der Waals surface area contributed by atoms with Crippen LogP contribution in [0.4, 0.5) is 5.69 Å². The zero-order chi connectivity index (χ0) is 10.3. The average molecular weight is 186 g/mol. The molecular formula is C12H14N2. The Kier molecular flexibility index (Phi) is 1.92. The number of rotatable bonds is 0. The molecule has 0 saturated carbocycles. The van der Waals surface area contributed by atoms with Gasteiger partial charge in [0.05, 0.1) is 5.52 Å². The number of aryl methyl sites for hydroxylation is 3. The predicted octanol–water partition coefficient (Wildman–Crippen LogP) is 2.74. The van der Waals surface area contributed by atoms with E-state index in [0.29, 0.717) is 0 Å². The van der Waals surface area contributed by atoms with Gasteiger partial charge in [-0.1, -0.05) is 6.07 Å². The summed E-state index contributed by atoms with van der Waals surface area (Å²) >= 11 is 0. The number of benzene rings is 1. The molecule has 0 amide bonds. The van der Waals surface area contributed by atoms with Gasteiger partial charge >= 0.3 is 0 Å². The fourth-order valence-electron chi connectivity index (χ4n) is 1.93. The van der Waals surface area contributed by atoms with Gasteiger partial charge in [0.2, 0.25) is 0 Å². The summed E-state index contributed by atoms with van der Waals surface area (Å²) in [7, 11) is 0. The van der Waals surface area contributed by atoms with E-state index in [1.165, 1.54) is 11.1 Å². The van der Waals surface area contributed by atoms with Crippen LogP contribution >= 0.6 is 0 Å². The molecule has 0 bridgehead atoms. The Balaban J connectivity index is 2.94. The number of hydrogen-bond acceptors (Lipinski definition) is 2. The summed E-state index contributed by atoms with van der Waals surface area (Å²) in [6.45, 7) is 6.11. The molecule has 14 heavy (non-hydrogen) atoms. The maximum absolute atomic E-state index is 5.97. The van der Waals surface area contributed by atoms with E-state index in [2.05, 4.69) is 31.0 Å². The van der Waals surface area contributed by atoms with Gasteiger partial charge in [-0.05, 0) is 44.0 Å². The van der Waals surface area contributed by atoms with Crippen LogP contribution in [0.25, 0.3) is 10.9 Å². The van der Waals surface area contributed by atoms with Gasteiger partial charge in [-0.2, -0.15) is 0 Å². The molecule has 0 fully saturated rings. The van der Waals surface area contributed by atoms with Gasteiger partial charge in [0.15, 0.2) is 0 Å². The van der Waals surface area contributed by atoms with Gasteiger partial charge in [-0.3, -0.25) is 4.98 Å². The first kappa shape index (κ1) is 9.00. The SMILES string of the molecule is Cc1cc(C)c2c(N)cc(C)nc2c1.